The fraction of sp³-hybridized carbons (Fsp3) is 0.333. The molecule has 0 bridgehead atoms. The Bertz CT molecular complexity index is 441. The Labute approximate surface area is 110 Å². The largest absolute Gasteiger partial charge is 0.300 e. The molecule has 0 N–H and O–H groups in total. The van der Waals surface area contributed by atoms with Crippen molar-refractivity contribution in [2.45, 2.75) is 13.0 Å². The van der Waals surface area contributed by atoms with Crippen LogP contribution >= 0.6 is 22.9 Å². The van der Waals surface area contributed by atoms with Crippen LogP contribution in [0.1, 0.15) is 10.6 Å². The van der Waals surface area contributed by atoms with Crippen molar-refractivity contribution in [2.75, 3.05) is 13.6 Å². The van der Waals surface area contributed by atoms with Gasteiger partial charge in [0.25, 0.3) is 0 Å². The second-order valence-corrected chi connectivity index (χ2v) is 5.32. The van der Waals surface area contributed by atoms with E-state index in [0.717, 1.165) is 25.2 Å². The standard InChI is InChI=1S/C12H14ClN3S/c1-16(5-4-11-3-2-6-17-11)9-10-7-15-12(13)8-14-10/h2-3,6-8H,4-5,9H2,1H3. The number of hydrogen-bond acceptors (Lipinski definition) is 4. The summed E-state index contributed by atoms with van der Waals surface area (Å²) in [6, 6.07) is 4.26. The Morgan fingerprint density at radius 1 is 1.35 bits per heavy atom. The fourth-order valence-electron chi connectivity index (χ4n) is 1.53. The molecule has 5 heteroatoms. The lowest BCUT2D eigenvalue weighted by atomic mass is 10.3. The number of rotatable bonds is 5. The summed E-state index contributed by atoms with van der Waals surface area (Å²) in [6.45, 7) is 1.82. The van der Waals surface area contributed by atoms with Crippen molar-refractivity contribution in [3.63, 3.8) is 0 Å². The third-order valence-electron chi connectivity index (χ3n) is 2.43. The number of likely N-dealkylation sites (N-methyl/N-ethyl adjacent to an activating group) is 1. The molecule has 0 aromatic carbocycles. The zero-order valence-corrected chi connectivity index (χ0v) is 11.2. The summed E-state index contributed by atoms with van der Waals surface area (Å²) < 4.78 is 0. The summed E-state index contributed by atoms with van der Waals surface area (Å²) in [5, 5.41) is 2.55. The van der Waals surface area contributed by atoms with Gasteiger partial charge in [-0.2, -0.15) is 0 Å². The van der Waals surface area contributed by atoms with Crippen molar-refractivity contribution >= 4 is 22.9 Å². The van der Waals surface area contributed by atoms with E-state index in [2.05, 4.69) is 39.4 Å². The first kappa shape index (κ1) is 12.5. The Morgan fingerprint density at radius 2 is 2.24 bits per heavy atom. The summed E-state index contributed by atoms with van der Waals surface area (Å²) >= 11 is 7.49. The highest BCUT2D eigenvalue weighted by Gasteiger charge is 2.03. The molecular formula is C12H14ClN3S. The van der Waals surface area contributed by atoms with E-state index in [0.29, 0.717) is 5.15 Å². The molecule has 0 spiro atoms. The molecule has 0 aliphatic carbocycles. The van der Waals surface area contributed by atoms with Crippen LogP contribution in [0.4, 0.5) is 0 Å². The summed E-state index contributed by atoms with van der Waals surface area (Å²) in [5.74, 6) is 0. The average Bonchev–Trinajstić information content (AvgIpc) is 2.83. The van der Waals surface area contributed by atoms with Crippen LogP contribution in [-0.2, 0) is 13.0 Å². The Kier molecular flexibility index (Phi) is 4.48. The first-order valence-electron chi connectivity index (χ1n) is 5.41. The number of aromatic nitrogens is 2. The van der Waals surface area contributed by atoms with Crippen molar-refractivity contribution in [1.82, 2.24) is 14.9 Å². The van der Waals surface area contributed by atoms with Gasteiger partial charge in [-0.15, -0.1) is 11.3 Å². The van der Waals surface area contributed by atoms with Crippen molar-refractivity contribution in [3.05, 3.63) is 45.6 Å². The van der Waals surface area contributed by atoms with E-state index in [9.17, 15) is 0 Å². The molecule has 2 rings (SSSR count). The van der Waals surface area contributed by atoms with Crippen LogP contribution in [-0.4, -0.2) is 28.5 Å². The lowest BCUT2D eigenvalue weighted by molar-refractivity contribution is 0.327. The zero-order valence-electron chi connectivity index (χ0n) is 9.64. The van der Waals surface area contributed by atoms with Gasteiger partial charge in [-0.3, -0.25) is 4.98 Å². The van der Waals surface area contributed by atoms with Gasteiger partial charge in [0.05, 0.1) is 18.1 Å². The predicted octanol–water partition coefficient (Wildman–Crippen LogP) is 2.87. The molecule has 90 valence electrons. The lowest BCUT2D eigenvalue weighted by Gasteiger charge is -2.15. The lowest BCUT2D eigenvalue weighted by Crippen LogP contribution is -2.21. The molecule has 2 aromatic rings. The van der Waals surface area contributed by atoms with Crippen LogP contribution < -0.4 is 0 Å². The van der Waals surface area contributed by atoms with Crippen LogP contribution in [0, 0.1) is 0 Å². The molecule has 0 amide bonds. The molecule has 0 aliphatic rings. The predicted molar refractivity (Wildman–Crippen MR) is 71.4 cm³/mol. The molecule has 2 aromatic heterocycles. The van der Waals surface area contributed by atoms with Gasteiger partial charge in [-0.25, -0.2) is 4.98 Å². The minimum absolute atomic E-state index is 0.440. The molecule has 3 nitrogen and oxygen atoms in total. The van der Waals surface area contributed by atoms with Crippen molar-refractivity contribution < 1.29 is 0 Å². The maximum absolute atomic E-state index is 5.69. The molecule has 0 fully saturated rings. The molecule has 0 unspecified atom stereocenters. The van der Waals surface area contributed by atoms with Crippen LogP contribution in [0.15, 0.2) is 29.9 Å². The van der Waals surface area contributed by atoms with Gasteiger partial charge < -0.3 is 4.90 Å². The molecule has 0 radical (unpaired) electrons. The van der Waals surface area contributed by atoms with Crippen LogP contribution in [0.3, 0.4) is 0 Å². The van der Waals surface area contributed by atoms with E-state index in [1.165, 1.54) is 4.88 Å². The summed E-state index contributed by atoms with van der Waals surface area (Å²) in [5.41, 5.74) is 0.947. The summed E-state index contributed by atoms with van der Waals surface area (Å²) in [4.78, 5) is 11.9. The van der Waals surface area contributed by atoms with E-state index < -0.39 is 0 Å². The second-order valence-electron chi connectivity index (χ2n) is 3.90. The topological polar surface area (TPSA) is 29.0 Å². The van der Waals surface area contributed by atoms with Gasteiger partial charge in [0.1, 0.15) is 5.15 Å². The normalized spacial score (nSPS) is 11.0. The second kappa shape index (κ2) is 6.10. The van der Waals surface area contributed by atoms with Gasteiger partial charge in [0.2, 0.25) is 0 Å². The third kappa shape index (κ3) is 4.07. The Hall–Kier alpha value is -0.970. The van der Waals surface area contributed by atoms with Gasteiger partial charge in [-0.1, -0.05) is 17.7 Å². The number of thiophene rings is 1. The molecule has 0 saturated heterocycles. The van der Waals surface area contributed by atoms with E-state index in [1.54, 1.807) is 23.7 Å². The monoisotopic (exact) mass is 267 g/mol. The van der Waals surface area contributed by atoms with Gasteiger partial charge in [-0.05, 0) is 24.9 Å². The van der Waals surface area contributed by atoms with Crippen molar-refractivity contribution in [3.8, 4) is 0 Å². The highest BCUT2D eigenvalue weighted by atomic mass is 35.5. The Balaban J connectivity index is 1.80. The molecule has 0 aliphatic heterocycles. The molecule has 17 heavy (non-hydrogen) atoms. The quantitative estimate of drug-likeness (QED) is 0.834. The van der Waals surface area contributed by atoms with Crippen LogP contribution in [0.5, 0.6) is 0 Å². The van der Waals surface area contributed by atoms with Gasteiger partial charge >= 0.3 is 0 Å². The number of hydrogen-bond donors (Lipinski definition) is 0. The SMILES string of the molecule is CN(CCc1cccs1)Cc1cnc(Cl)cn1. The zero-order chi connectivity index (χ0) is 12.1. The minimum Gasteiger partial charge on any atom is -0.300 e. The molecule has 0 atom stereocenters. The maximum Gasteiger partial charge on any atom is 0.147 e. The smallest absolute Gasteiger partial charge is 0.147 e. The Morgan fingerprint density at radius 3 is 2.88 bits per heavy atom. The highest BCUT2D eigenvalue weighted by molar-refractivity contribution is 7.09. The highest BCUT2D eigenvalue weighted by Crippen LogP contribution is 2.10. The van der Waals surface area contributed by atoms with Gasteiger partial charge in [0.15, 0.2) is 0 Å². The third-order valence-corrected chi connectivity index (χ3v) is 3.56. The minimum atomic E-state index is 0.440. The summed E-state index contributed by atoms with van der Waals surface area (Å²) in [6.07, 6.45) is 4.39. The molecule has 0 saturated carbocycles. The van der Waals surface area contributed by atoms with E-state index in [4.69, 9.17) is 11.6 Å². The van der Waals surface area contributed by atoms with Crippen LogP contribution in [0.25, 0.3) is 0 Å². The number of nitrogens with zero attached hydrogens (tertiary/aromatic N) is 3. The van der Waals surface area contributed by atoms with Gasteiger partial charge in [0, 0.05) is 18.0 Å². The van der Waals surface area contributed by atoms with Crippen molar-refractivity contribution in [2.24, 2.45) is 0 Å². The van der Waals surface area contributed by atoms with E-state index in [1.807, 2.05) is 0 Å². The van der Waals surface area contributed by atoms with E-state index >= 15 is 0 Å². The van der Waals surface area contributed by atoms with Crippen LogP contribution in [0.2, 0.25) is 5.15 Å². The van der Waals surface area contributed by atoms with E-state index in [-0.39, 0.29) is 0 Å². The average molecular weight is 268 g/mol. The first-order valence-corrected chi connectivity index (χ1v) is 6.67. The van der Waals surface area contributed by atoms with Crippen molar-refractivity contribution in [1.29, 1.82) is 0 Å². The fourth-order valence-corrected chi connectivity index (χ4v) is 2.33. The summed E-state index contributed by atoms with van der Waals surface area (Å²) in [7, 11) is 2.09. The maximum atomic E-state index is 5.69. The first-order chi connectivity index (χ1) is 8.24. The molecular weight excluding hydrogens is 254 g/mol. The number of halogens is 1. The molecule has 2 heterocycles.